The van der Waals surface area contributed by atoms with Crippen molar-refractivity contribution in [2.45, 2.75) is 60.3 Å². The van der Waals surface area contributed by atoms with Gasteiger partial charge in [0, 0.05) is 62.1 Å². The number of amides is 2. The summed E-state index contributed by atoms with van der Waals surface area (Å²) in [7, 11) is -1.84. The fourth-order valence-corrected chi connectivity index (χ4v) is 9.35. The first-order valence-corrected chi connectivity index (χ1v) is 17.5. The Bertz CT molecular complexity index is 1500. The van der Waals surface area contributed by atoms with Crippen molar-refractivity contribution >= 4 is 21.6 Å². The summed E-state index contributed by atoms with van der Waals surface area (Å²) < 4.78 is 25.8. The monoisotopic (exact) mass is 615 g/mol. The topological polar surface area (TPSA) is 94.6 Å². The second-order valence-corrected chi connectivity index (χ2v) is 15.0. The summed E-state index contributed by atoms with van der Waals surface area (Å²) in [6.07, 6.45) is 8.68. The molecule has 8 nitrogen and oxygen atoms in total. The van der Waals surface area contributed by atoms with Gasteiger partial charge in [0.2, 0.25) is 9.84 Å². The lowest BCUT2D eigenvalue weighted by atomic mass is 9.59. The number of urea groups is 1. The lowest BCUT2D eigenvalue weighted by Gasteiger charge is -2.49. The van der Waals surface area contributed by atoms with Crippen LogP contribution in [-0.4, -0.2) is 70.1 Å². The van der Waals surface area contributed by atoms with Gasteiger partial charge in [-0.1, -0.05) is 43.7 Å². The maximum Gasteiger partial charge on any atom is 0.314 e. The van der Waals surface area contributed by atoms with Crippen molar-refractivity contribution < 1.29 is 13.2 Å². The van der Waals surface area contributed by atoms with Crippen molar-refractivity contribution in [3.8, 4) is 0 Å². The third-order valence-electron chi connectivity index (χ3n) is 10.6. The summed E-state index contributed by atoms with van der Waals surface area (Å²) in [5.41, 5.74) is 2.49. The highest BCUT2D eigenvalue weighted by atomic mass is 32.2. The van der Waals surface area contributed by atoms with Crippen LogP contribution in [0.5, 0.6) is 0 Å². The average molecular weight is 616 g/mol. The smallest absolute Gasteiger partial charge is 0.314 e. The van der Waals surface area contributed by atoms with E-state index in [1.165, 1.54) is 42.9 Å². The maximum atomic E-state index is 12.9. The molecule has 2 aliphatic heterocycles. The lowest BCUT2D eigenvalue weighted by molar-refractivity contribution is 0.0787. The lowest BCUT2D eigenvalue weighted by Crippen LogP contribution is -2.55. The van der Waals surface area contributed by atoms with Gasteiger partial charge in [-0.3, -0.25) is 4.98 Å². The maximum absolute atomic E-state index is 12.9. The van der Waals surface area contributed by atoms with E-state index in [1.54, 1.807) is 19.2 Å². The molecule has 0 spiro atoms. The van der Waals surface area contributed by atoms with Crippen LogP contribution >= 0.6 is 0 Å². The Morgan fingerprint density at radius 1 is 0.909 bits per heavy atom. The molecular formula is C35H45N5O3S. The van der Waals surface area contributed by atoms with Crippen LogP contribution in [-0.2, 0) is 15.3 Å². The highest BCUT2D eigenvalue weighted by molar-refractivity contribution is 7.91. The quantitative estimate of drug-likeness (QED) is 0.347. The number of hydrogen-bond acceptors (Lipinski definition) is 6. The molecule has 44 heavy (non-hydrogen) atoms. The van der Waals surface area contributed by atoms with Crippen molar-refractivity contribution in [2.75, 3.05) is 44.7 Å². The van der Waals surface area contributed by atoms with Gasteiger partial charge in [-0.2, -0.15) is 0 Å². The minimum Gasteiger partial charge on any atom is -0.371 e. The van der Waals surface area contributed by atoms with E-state index < -0.39 is 9.84 Å². The number of sulfone groups is 1. The van der Waals surface area contributed by atoms with E-state index in [1.807, 2.05) is 12.1 Å². The number of rotatable bonds is 9. The Kier molecular flexibility index (Phi) is 8.96. The first-order chi connectivity index (χ1) is 21.3. The van der Waals surface area contributed by atoms with Crippen molar-refractivity contribution in [2.24, 2.45) is 17.8 Å². The average Bonchev–Trinajstić information content (AvgIpc) is 3.52. The first kappa shape index (κ1) is 30.6. The second kappa shape index (κ2) is 12.9. The second-order valence-electron chi connectivity index (χ2n) is 13.0. The predicted octanol–water partition coefficient (Wildman–Crippen LogP) is 5.12. The highest BCUT2D eigenvalue weighted by Crippen LogP contribution is 2.50. The molecule has 2 aromatic carbocycles. The van der Waals surface area contributed by atoms with Gasteiger partial charge in [-0.05, 0) is 92.6 Å². The number of carbonyl (C=O) groups is 1. The molecule has 3 aromatic rings. The third-order valence-corrected chi connectivity index (χ3v) is 12.4. The highest BCUT2D eigenvalue weighted by Gasteiger charge is 2.48. The van der Waals surface area contributed by atoms with Gasteiger partial charge < -0.3 is 20.4 Å². The number of carbonyl (C=O) groups excluding carboxylic acids is 1. The molecule has 3 heterocycles. The van der Waals surface area contributed by atoms with E-state index in [4.69, 9.17) is 0 Å². The fourth-order valence-electron chi connectivity index (χ4n) is 8.11. The van der Waals surface area contributed by atoms with E-state index in [-0.39, 0.29) is 22.4 Å². The fraction of sp³-hybridized carbons (Fsp3) is 0.486. The van der Waals surface area contributed by atoms with Gasteiger partial charge in [-0.25, -0.2) is 13.2 Å². The van der Waals surface area contributed by atoms with Crippen molar-refractivity contribution in [1.82, 2.24) is 20.5 Å². The minimum atomic E-state index is -3.53. The molecule has 0 radical (unpaired) electrons. The molecule has 3 fully saturated rings. The minimum absolute atomic E-state index is 0.0137. The zero-order valence-corrected chi connectivity index (χ0v) is 26.7. The number of hydrogen-bond donors (Lipinski definition) is 2. The molecule has 1 aromatic heterocycles. The van der Waals surface area contributed by atoms with E-state index in [2.05, 4.69) is 62.7 Å². The van der Waals surface area contributed by atoms with Crippen molar-refractivity contribution in [3.05, 3.63) is 84.7 Å². The molecule has 234 valence electrons. The zero-order chi connectivity index (χ0) is 30.7. The number of nitrogens with one attached hydrogen (secondary N) is 2. The van der Waals surface area contributed by atoms with E-state index in [9.17, 15) is 13.2 Å². The van der Waals surface area contributed by atoms with Gasteiger partial charge in [0.15, 0.2) is 0 Å². The standard InChI is InChI=1S/C35H45N5O3S/c1-35(27-7-4-3-5-8-27,32-9-6-10-33(32)38-34(41)36-2)28-17-21-39(22-18-28)23-26-24-40(25-26)29-11-13-30(14-12-29)44(42,43)31-15-19-37-20-16-31/h3-5,7-8,11-16,19-20,26,28,32-33H,6,9-10,17-18,21-25H2,1-2H3,(H2,36,38,41)/t32-,33-,35?/m1/s1. The van der Waals surface area contributed by atoms with Crippen LogP contribution in [0.2, 0.25) is 0 Å². The van der Waals surface area contributed by atoms with Crippen molar-refractivity contribution in [3.63, 3.8) is 0 Å². The molecular weight excluding hydrogens is 570 g/mol. The van der Waals surface area contributed by atoms with Crippen molar-refractivity contribution in [1.29, 1.82) is 0 Å². The van der Waals surface area contributed by atoms with E-state index >= 15 is 0 Å². The van der Waals surface area contributed by atoms with Gasteiger partial charge in [-0.15, -0.1) is 0 Å². The van der Waals surface area contributed by atoms with Crippen LogP contribution in [0.25, 0.3) is 0 Å². The van der Waals surface area contributed by atoms with Gasteiger partial charge in [0.25, 0.3) is 0 Å². The van der Waals surface area contributed by atoms with Crippen LogP contribution in [0, 0.1) is 17.8 Å². The molecule has 6 rings (SSSR count). The van der Waals surface area contributed by atoms with Crippen LogP contribution < -0.4 is 15.5 Å². The van der Waals surface area contributed by atoms with Crippen LogP contribution in [0.15, 0.2) is 88.9 Å². The predicted molar refractivity (Wildman–Crippen MR) is 174 cm³/mol. The molecule has 0 bridgehead atoms. The number of aromatic nitrogens is 1. The molecule has 3 atom stereocenters. The Morgan fingerprint density at radius 3 is 2.23 bits per heavy atom. The van der Waals surface area contributed by atoms with Crippen LogP contribution in [0.1, 0.15) is 44.6 Å². The molecule has 2 saturated heterocycles. The number of nitrogens with zero attached hydrogens (tertiary/aromatic N) is 3. The molecule has 1 aliphatic carbocycles. The molecule has 2 amide bonds. The van der Waals surface area contributed by atoms with Crippen LogP contribution in [0.4, 0.5) is 10.5 Å². The van der Waals surface area contributed by atoms with Gasteiger partial charge >= 0.3 is 6.03 Å². The van der Waals surface area contributed by atoms with E-state index in [0.29, 0.717) is 22.6 Å². The normalized spacial score (nSPS) is 23.1. The summed E-state index contributed by atoms with van der Waals surface area (Å²) in [6.45, 7) is 7.76. The molecule has 3 aliphatic rings. The summed E-state index contributed by atoms with van der Waals surface area (Å²) in [5.74, 6) is 1.60. The van der Waals surface area contributed by atoms with Crippen LogP contribution in [0.3, 0.4) is 0 Å². The molecule has 1 saturated carbocycles. The Balaban J connectivity index is 1.04. The van der Waals surface area contributed by atoms with E-state index in [0.717, 1.165) is 57.7 Å². The summed E-state index contributed by atoms with van der Waals surface area (Å²) >= 11 is 0. The number of likely N-dealkylation sites (tertiary alicyclic amines) is 1. The molecule has 1 unspecified atom stereocenters. The summed E-state index contributed by atoms with van der Waals surface area (Å²) in [6, 6.07) is 21.5. The summed E-state index contributed by atoms with van der Waals surface area (Å²) in [4.78, 5) is 21.8. The first-order valence-electron chi connectivity index (χ1n) is 16.1. The number of anilines is 1. The number of pyridine rings is 1. The zero-order valence-electron chi connectivity index (χ0n) is 25.9. The van der Waals surface area contributed by atoms with Gasteiger partial charge in [0.1, 0.15) is 0 Å². The SMILES string of the molecule is CNC(=O)N[C@@H]1CCC[C@H]1C(C)(c1ccccc1)C1CCN(CC2CN(c3ccc(S(=O)(=O)c4ccncc4)cc3)C2)CC1. The van der Waals surface area contributed by atoms with Gasteiger partial charge in [0.05, 0.1) is 9.79 Å². The Labute approximate surface area is 262 Å². The number of benzene rings is 2. The Hall–Kier alpha value is -3.43. The largest absolute Gasteiger partial charge is 0.371 e. The number of piperidine rings is 1. The molecule has 2 N–H and O–H groups in total. The summed E-state index contributed by atoms with van der Waals surface area (Å²) in [5, 5.41) is 6.04. The Morgan fingerprint density at radius 2 is 1.57 bits per heavy atom. The molecule has 9 heteroatoms. The third kappa shape index (κ3) is 6.09.